The highest BCUT2D eigenvalue weighted by atomic mass is 32.2. The molecule has 0 aliphatic heterocycles. The lowest BCUT2D eigenvalue weighted by molar-refractivity contribution is -0.127. The van der Waals surface area contributed by atoms with Gasteiger partial charge in [-0.3, -0.25) is 8.98 Å². The van der Waals surface area contributed by atoms with Crippen molar-refractivity contribution in [3.63, 3.8) is 0 Å². The zero-order chi connectivity index (χ0) is 23.6. The molecule has 0 amide bonds. The van der Waals surface area contributed by atoms with Crippen LogP contribution in [0.3, 0.4) is 0 Å². The smallest absolute Gasteiger partial charge is 0.297 e. The van der Waals surface area contributed by atoms with Crippen LogP contribution in [0.5, 0.6) is 0 Å². The lowest BCUT2D eigenvalue weighted by Crippen LogP contribution is -2.51. The Hall–Kier alpha value is -1.46. The fourth-order valence-electron chi connectivity index (χ4n) is 8.32. The van der Waals surface area contributed by atoms with Gasteiger partial charge in [0.15, 0.2) is 0 Å². The molecule has 3 fully saturated rings. The highest BCUT2D eigenvalue weighted by Crippen LogP contribution is 2.66. The standard InChI is InChI=1S/C28H38O4S/c1-18-5-8-22(9-6-18)33(30,31)32-21-13-15-27(3)20(17-21)7-10-23-25-12-11-24(19(2)29)28(25,4)16-14-26(23)27/h5-9,21,23-26H,10-17H2,1-4H3/t21-,23?,24+,25?,26?,27-,28+/m0/s1. The topological polar surface area (TPSA) is 60.4 Å². The first kappa shape index (κ1) is 23.3. The van der Waals surface area contributed by atoms with Crippen LogP contribution >= 0.6 is 0 Å². The Bertz CT molecular complexity index is 1070. The maximum atomic E-state index is 12.9. The quantitative estimate of drug-likeness (QED) is 0.386. The highest BCUT2D eigenvalue weighted by Gasteiger charge is 2.59. The highest BCUT2D eigenvalue weighted by molar-refractivity contribution is 7.86. The Labute approximate surface area is 199 Å². The van der Waals surface area contributed by atoms with Crippen LogP contribution in [-0.4, -0.2) is 20.3 Å². The van der Waals surface area contributed by atoms with Gasteiger partial charge in [0, 0.05) is 5.92 Å². The summed E-state index contributed by atoms with van der Waals surface area (Å²) in [6, 6.07) is 6.90. The summed E-state index contributed by atoms with van der Waals surface area (Å²) in [5, 5.41) is 0. The first-order chi connectivity index (χ1) is 15.5. The maximum Gasteiger partial charge on any atom is 0.297 e. The van der Waals surface area contributed by atoms with Gasteiger partial charge in [-0.2, -0.15) is 8.42 Å². The normalized spacial score (nSPS) is 40.4. The summed E-state index contributed by atoms with van der Waals surface area (Å²) in [7, 11) is -3.75. The molecule has 0 heterocycles. The minimum atomic E-state index is -3.75. The van der Waals surface area contributed by atoms with Gasteiger partial charge in [0.05, 0.1) is 11.0 Å². The second kappa shape index (κ2) is 8.05. The molecule has 1 aromatic rings. The average molecular weight is 471 g/mol. The van der Waals surface area contributed by atoms with Crippen molar-refractivity contribution in [3.05, 3.63) is 41.5 Å². The lowest BCUT2D eigenvalue weighted by Gasteiger charge is -2.58. The van der Waals surface area contributed by atoms with Crippen molar-refractivity contribution >= 4 is 15.9 Å². The summed E-state index contributed by atoms with van der Waals surface area (Å²) in [5.41, 5.74) is 2.73. The van der Waals surface area contributed by atoms with Crippen LogP contribution in [0.2, 0.25) is 0 Å². The molecule has 3 saturated carbocycles. The summed E-state index contributed by atoms with van der Waals surface area (Å²) in [5.74, 6) is 2.53. The van der Waals surface area contributed by atoms with Crippen molar-refractivity contribution in [1.29, 1.82) is 0 Å². The van der Waals surface area contributed by atoms with Crippen LogP contribution in [0.15, 0.2) is 40.8 Å². The van der Waals surface area contributed by atoms with E-state index >= 15 is 0 Å². The largest absolute Gasteiger partial charge is 0.300 e. The maximum absolute atomic E-state index is 12.9. The zero-order valence-electron chi connectivity index (χ0n) is 20.5. The number of ketones is 1. The summed E-state index contributed by atoms with van der Waals surface area (Å²) in [4.78, 5) is 12.6. The number of allylic oxidation sites excluding steroid dienone is 1. The summed E-state index contributed by atoms with van der Waals surface area (Å²) < 4.78 is 31.5. The van der Waals surface area contributed by atoms with Gasteiger partial charge in [-0.05, 0) is 106 Å². The molecule has 3 unspecified atom stereocenters. The zero-order valence-corrected chi connectivity index (χ0v) is 21.3. The molecule has 0 saturated heterocycles. The molecule has 180 valence electrons. The van der Waals surface area contributed by atoms with Crippen molar-refractivity contribution in [2.45, 2.75) is 90.1 Å². The van der Waals surface area contributed by atoms with E-state index in [9.17, 15) is 13.2 Å². The minimum Gasteiger partial charge on any atom is -0.300 e. The monoisotopic (exact) mass is 470 g/mol. The Kier molecular flexibility index (Phi) is 5.68. The van der Waals surface area contributed by atoms with Gasteiger partial charge in [-0.25, -0.2) is 0 Å². The first-order valence-electron chi connectivity index (χ1n) is 12.7. The number of rotatable bonds is 4. The molecular weight excluding hydrogens is 432 g/mol. The number of carbonyl (C=O) groups is 1. The SMILES string of the molecule is CC(=O)[C@H]1CCC2C3CC=C4C[C@@H](OS(=O)(=O)c5ccc(C)cc5)CC[C@]4(C)C3CC[C@@]21C. The van der Waals surface area contributed by atoms with Crippen molar-refractivity contribution in [2.75, 3.05) is 0 Å². The number of hydrogen-bond donors (Lipinski definition) is 0. The Morgan fingerprint density at radius 3 is 2.42 bits per heavy atom. The molecule has 33 heavy (non-hydrogen) atoms. The Morgan fingerprint density at radius 2 is 1.73 bits per heavy atom. The summed E-state index contributed by atoms with van der Waals surface area (Å²) >= 11 is 0. The first-order valence-corrected chi connectivity index (χ1v) is 14.2. The number of hydrogen-bond acceptors (Lipinski definition) is 4. The van der Waals surface area contributed by atoms with Gasteiger partial charge in [0.1, 0.15) is 5.78 Å². The Morgan fingerprint density at radius 1 is 1.00 bits per heavy atom. The van der Waals surface area contributed by atoms with Gasteiger partial charge in [0.2, 0.25) is 0 Å². The van der Waals surface area contributed by atoms with Crippen LogP contribution in [0.1, 0.15) is 77.7 Å². The summed E-state index contributed by atoms with van der Waals surface area (Å²) in [6.45, 7) is 8.54. The van der Waals surface area contributed by atoms with Crippen LogP contribution in [0.25, 0.3) is 0 Å². The van der Waals surface area contributed by atoms with Crippen LogP contribution < -0.4 is 0 Å². The molecule has 5 heteroatoms. The van der Waals surface area contributed by atoms with Crippen molar-refractivity contribution < 1.29 is 17.4 Å². The minimum absolute atomic E-state index is 0.131. The number of carbonyl (C=O) groups excluding carboxylic acids is 1. The molecule has 0 aromatic heterocycles. The molecule has 0 bridgehead atoms. The average Bonchev–Trinajstić information content (AvgIpc) is 3.11. The van der Waals surface area contributed by atoms with E-state index in [1.54, 1.807) is 19.1 Å². The van der Waals surface area contributed by atoms with Gasteiger partial charge in [-0.15, -0.1) is 0 Å². The number of fused-ring (bicyclic) bond motifs is 5. The van der Waals surface area contributed by atoms with E-state index in [-0.39, 0.29) is 27.7 Å². The number of aryl methyl sites for hydroxylation is 1. The van der Waals surface area contributed by atoms with E-state index in [1.165, 1.54) is 18.4 Å². The van der Waals surface area contributed by atoms with Crippen molar-refractivity contribution in [2.24, 2.45) is 34.5 Å². The molecule has 4 aliphatic rings. The molecule has 0 radical (unpaired) electrons. The lowest BCUT2D eigenvalue weighted by atomic mass is 9.47. The van der Waals surface area contributed by atoms with Gasteiger partial charge >= 0.3 is 0 Å². The van der Waals surface area contributed by atoms with Crippen LogP contribution in [0, 0.1) is 41.4 Å². The second-order valence-corrected chi connectivity index (χ2v) is 13.3. The second-order valence-electron chi connectivity index (χ2n) is 11.8. The fourth-order valence-corrected chi connectivity index (χ4v) is 9.42. The van der Waals surface area contributed by atoms with E-state index in [2.05, 4.69) is 19.9 Å². The van der Waals surface area contributed by atoms with E-state index in [4.69, 9.17) is 4.18 Å². The Balaban J connectivity index is 1.34. The van der Waals surface area contributed by atoms with Gasteiger partial charge in [0.25, 0.3) is 10.1 Å². The fraction of sp³-hybridized carbons (Fsp3) is 0.679. The molecule has 1 aromatic carbocycles. The van der Waals surface area contributed by atoms with E-state index in [0.29, 0.717) is 30.0 Å². The predicted molar refractivity (Wildman–Crippen MR) is 129 cm³/mol. The molecule has 7 atom stereocenters. The third kappa shape index (κ3) is 3.74. The molecule has 4 nitrogen and oxygen atoms in total. The number of benzene rings is 1. The predicted octanol–water partition coefficient (Wildman–Crippen LogP) is 6.24. The molecular formula is C28H38O4S. The van der Waals surface area contributed by atoms with E-state index in [1.807, 2.05) is 19.1 Å². The van der Waals surface area contributed by atoms with Gasteiger partial charge in [-0.1, -0.05) is 43.2 Å². The van der Waals surface area contributed by atoms with Gasteiger partial charge < -0.3 is 0 Å². The molecule has 4 aliphatic carbocycles. The molecule has 0 spiro atoms. The van der Waals surface area contributed by atoms with Crippen LogP contribution in [-0.2, 0) is 19.1 Å². The third-order valence-electron chi connectivity index (χ3n) is 10.1. The molecule has 0 N–H and O–H groups in total. The number of Topliss-reactive ketones (excluding diaryl/α,β-unsaturated/α-hetero) is 1. The van der Waals surface area contributed by atoms with E-state index < -0.39 is 10.1 Å². The molecule has 5 rings (SSSR count). The third-order valence-corrected chi connectivity index (χ3v) is 11.5. The summed E-state index contributed by atoms with van der Waals surface area (Å²) in [6.07, 6.45) is 10.2. The van der Waals surface area contributed by atoms with Crippen molar-refractivity contribution in [1.82, 2.24) is 0 Å². The van der Waals surface area contributed by atoms with E-state index in [0.717, 1.165) is 37.7 Å². The van der Waals surface area contributed by atoms with Crippen molar-refractivity contribution in [3.8, 4) is 0 Å². The van der Waals surface area contributed by atoms with Crippen LogP contribution in [0.4, 0.5) is 0 Å².